The zero-order valence-electron chi connectivity index (χ0n) is 18.8. The van der Waals surface area contributed by atoms with Gasteiger partial charge in [-0.15, -0.1) is 10.2 Å². The molecule has 3 aromatic carbocycles. The molecule has 0 aliphatic rings. The number of nitrogens with one attached hydrogen (secondary N) is 1. The van der Waals surface area contributed by atoms with Crippen molar-refractivity contribution in [3.05, 3.63) is 94.8 Å². The number of benzene rings is 3. The first kappa shape index (κ1) is 24.0. The Hall–Kier alpha value is -3.16. The number of nitrogens with zero attached hydrogens (tertiary/aromatic N) is 3. The molecular formula is C26H24ClFN4OS. The predicted octanol–water partition coefficient (Wildman–Crippen LogP) is 6.26. The smallest absolute Gasteiger partial charge is 0.230 e. The van der Waals surface area contributed by atoms with Crippen LogP contribution in [0.2, 0.25) is 5.02 Å². The number of para-hydroxylation sites is 1. The molecule has 0 saturated carbocycles. The minimum atomic E-state index is -0.303. The molecular weight excluding hydrogens is 471 g/mol. The van der Waals surface area contributed by atoms with Crippen LogP contribution in [0.4, 0.5) is 4.39 Å². The van der Waals surface area contributed by atoms with Crippen molar-refractivity contribution in [1.82, 2.24) is 20.1 Å². The highest BCUT2D eigenvalue weighted by atomic mass is 35.5. The van der Waals surface area contributed by atoms with Crippen molar-refractivity contribution in [3.63, 3.8) is 0 Å². The number of amides is 1. The van der Waals surface area contributed by atoms with E-state index in [-0.39, 0.29) is 23.4 Å². The standard InChI is InChI=1S/C26H24ClFN4OS/c1-17(2)22-5-3-4-6-23(22)32-25(19-9-11-20(27)12-10-19)30-31-26(32)34-16-24(33)29-15-18-7-13-21(28)14-8-18/h3-14,17H,15-16H2,1-2H3,(H,29,33). The molecule has 0 fully saturated rings. The van der Waals surface area contributed by atoms with Crippen LogP contribution in [0.3, 0.4) is 0 Å². The van der Waals surface area contributed by atoms with E-state index < -0.39 is 0 Å². The van der Waals surface area contributed by atoms with Gasteiger partial charge in [-0.2, -0.15) is 0 Å². The summed E-state index contributed by atoms with van der Waals surface area (Å²) in [6.45, 7) is 4.61. The molecule has 8 heteroatoms. The fourth-order valence-electron chi connectivity index (χ4n) is 3.53. The van der Waals surface area contributed by atoms with Gasteiger partial charge in [0.1, 0.15) is 5.82 Å². The monoisotopic (exact) mass is 494 g/mol. The second kappa shape index (κ2) is 10.8. The molecule has 0 atom stereocenters. The average Bonchev–Trinajstić information content (AvgIpc) is 3.26. The van der Waals surface area contributed by atoms with Crippen LogP contribution in [0.1, 0.15) is 30.9 Å². The van der Waals surface area contributed by atoms with Crippen LogP contribution in [-0.2, 0) is 11.3 Å². The molecule has 5 nitrogen and oxygen atoms in total. The highest BCUT2D eigenvalue weighted by Gasteiger charge is 2.20. The fraction of sp³-hybridized carbons (Fsp3) is 0.192. The number of halogens is 2. The van der Waals surface area contributed by atoms with Gasteiger partial charge in [-0.05, 0) is 59.5 Å². The molecule has 1 heterocycles. The topological polar surface area (TPSA) is 59.8 Å². The third-order valence-electron chi connectivity index (χ3n) is 5.27. The van der Waals surface area contributed by atoms with Gasteiger partial charge in [-0.25, -0.2) is 4.39 Å². The Morgan fingerprint density at radius 2 is 1.74 bits per heavy atom. The molecule has 0 saturated heterocycles. The van der Waals surface area contributed by atoms with E-state index in [1.54, 1.807) is 12.1 Å². The van der Waals surface area contributed by atoms with Crippen LogP contribution >= 0.6 is 23.4 Å². The molecule has 174 valence electrons. The third-order valence-corrected chi connectivity index (χ3v) is 6.45. The maximum atomic E-state index is 13.1. The first-order chi connectivity index (χ1) is 16.4. The lowest BCUT2D eigenvalue weighted by Crippen LogP contribution is -2.24. The van der Waals surface area contributed by atoms with E-state index in [2.05, 4.69) is 35.4 Å². The molecule has 0 bridgehead atoms. The third kappa shape index (κ3) is 5.66. The Bertz CT molecular complexity index is 1270. The summed E-state index contributed by atoms with van der Waals surface area (Å²) in [6, 6.07) is 21.6. The van der Waals surface area contributed by atoms with Crippen molar-refractivity contribution in [1.29, 1.82) is 0 Å². The Morgan fingerprint density at radius 3 is 2.44 bits per heavy atom. The summed E-state index contributed by atoms with van der Waals surface area (Å²) in [5.74, 6) is 0.689. The summed E-state index contributed by atoms with van der Waals surface area (Å²) in [5, 5.41) is 13.0. The minimum Gasteiger partial charge on any atom is -0.351 e. The van der Waals surface area contributed by atoms with Crippen molar-refractivity contribution >= 4 is 29.3 Å². The van der Waals surface area contributed by atoms with E-state index >= 15 is 0 Å². The lowest BCUT2D eigenvalue weighted by Gasteiger charge is -2.17. The number of rotatable bonds is 8. The zero-order valence-corrected chi connectivity index (χ0v) is 20.4. The summed E-state index contributed by atoms with van der Waals surface area (Å²) in [5.41, 5.74) is 3.84. The van der Waals surface area contributed by atoms with Crippen LogP contribution in [0.25, 0.3) is 17.1 Å². The second-order valence-corrected chi connectivity index (χ2v) is 9.43. The van der Waals surface area contributed by atoms with E-state index in [1.165, 1.54) is 23.9 Å². The van der Waals surface area contributed by atoms with Gasteiger partial charge >= 0.3 is 0 Å². The number of aromatic nitrogens is 3. The van der Waals surface area contributed by atoms with Crippen molar-refractivity contribution in [2.75, 3.05) is 5.75 Å². The van der Waals surface area contributed by atoms with Crippen molar-refractivity contribution in [3.8, 4) is 17.1 Å². The van der Waals surface area contributed by atoms with E-state index in [0.29, 0.717) is 22.5 Å². The van der Waals surface area contributed by atoms with Gasteiger partial charge < -0.3 is 5.32 Å². The molecule has 34 heavy (non-hydrogen) atoms. The van der Waals surface area contributed by atoms with Crippen LogP contribution in [-0.4, -0.2) is 26.4 Å². The van der Waals surface area contributed by atoms with E-state index in [1.807, 2.05) is 47.0 Å². The lowest BCUT2D eigenvalue weighted by atomic mass is 10.0. The lowest BCUT2D eigenvalue weighted by molar-refractivity contribution is -0.118. The largest absolute Gasteiger partial charge is 0.351 e. The van der Waals surface area contributed by atoms with Gasteiger partial charge in [0.15, 0.2) is 11.0 Å². The van der Waals surface area contributed by atoms with Gasteiger partial charge in [0.05, 0.1) is 11.4 Å². The SMILES string of the molecule is CC(C)c1ccccc1-n1c(SCC(=O)NCc2ccc(F)cc2)nnc1-c1ccc(Cl)cc1. The maximum absolute atomic E-state index is 13.1. The second-order valence-electron chi connectivity index (χ2n) is 8.05. The quantitative estimate of drug-likeness (QED) is 0.294. The molecule has 4 aromatic rings. The first-order valence-corrected chi connectivity index (χ1v) is 12.2. The van der Waals surface area contributed by atoms with Gasteiger partial charge in [-0.1, -0.05) is 67.5 Å². The summed E-state index contributed by atoms with van der Waals surface area (Å²) in [7, 11) is 0. The number of hydrogen-bond donors (Lipinski definition) is 1. The minimum absolute atomic E-state index is 0.144. The number of carbonyl (C=O) groups is 1. The van der Waals surface area contributed by atoms with Crippen LogP contribution in [0, 0.1) is 5.82 Å². The number of thioether (sulfide) groups is 1. The van der Waals surface area contributed by atoms with Gasteiger partial charge in [-0.3, -0.25) is 9.36 Å². The van der Waals surface area contributed by atoms with Gasteiger partial charge in [0.2, 0.25) is 5.91 Å². The molecule has 0 radical (unpaired) electrons. The molecule has 0 spiro atoms. The normalized spacial score (nSPS) is 11.1. The molecule has 0 aliphatic heterocycles. The Balaban J connectivity index is 1.59. The van der Waals surface area contributed by atoms with Gasteiger partial charge in [0, 0.05) is 17.1 Å². The van der Waals surface area contributed by atoms with Crippen LogP contribution in [0.5, 0.6) is 0 Å². The van der Waals surface area contributed by atoms with Crippen LogP contribution in [0.15, 0.2) is 78.0 Å². The molecule has 1 amide bonds. The molecule has 1 aromatic heterocycles. The van der Waals surface area contributed by atoms with Crippen molar-refractivity contribution in [2.45, 2.75) is 31.5 Å². The molecule has 0 unspecified atom stereocenters. The van der Waals surface area contributed by atoms with Crippen molar-refractivity contribution < 1.29 is 9.18 Å². The Morgan fingerprint density at radius 1 is 1.03 bits per heavy atom. The van der Waals surface area contributed by atoms with E-state index in [9.17, 15) is 9.18 Å². The van der Waals surface area contributed by atoms with Crippen LogP contribution < -0.4 is 5.32 Å². The average molecular weight is 495 g/mol. The highest BCUT2D eigenvalue weighted by Crippen LogP contribution is 2.32. The van der Waals surface area contributed by atoms with Gasteiger partial charge in [0.25, 0.3) is 0 Å². The fourth-order valence-corrected chi connectivity index (χ4v) is 4.43. The highest BCUT2D eigenvalue weighted by molar-refractivity contribution is 7.99. The van der Waals surface area contributed by atoms with E-state index in [0.717, 1.165) is 22.4 Å². The molecule has 0 aliphatic carbocycles. The number of hydrogen-bond acceptors (Lipinski definition) is 4. The summed E-state index contributed by atoms with van der Waals surface area (Å²) in [6.07, 6.45) is 0. The summed E-state index contributed by atoms with van der Waals surface area (Å²) in [4.78, 5) is 12.5. The Labute approximate surface area is 207 Å². The molecule has 1 N–H and O–H groups in total. The van der Waals surface area contributed by atoms with E-state index in [4.69, 9.17) is 11.6 Å². The predicted molar refractivity (Wildman–Crippen MR) is 135 cm³/mol. The first-order valence-electron chi connectivity index (χ1n) is 10.9. The van der Waals surface area contributed by atoms with Crippen molar-refractivity contribution in [2.24, 2.45) is 0 Å². The maximum Gasteiger partial charge on any atom is 0.230 e. The molecule has 4 rings (SSSR count). The zero-order chi connectivity index (χ0) is 24.1. The Kier molecular flexibility index (Phi) is 7.65. The number of carbonyl (C=O) groups excluding carboxylic acids is 1. The summed E-state index contributed by atoms with van der Waals surface area (Å²) < 4.78 is 15.1. The summed E-state index contributed by atoms with van der Waals surface area (Å²) >= 11 is 7.40.